The summed E-state index contributed by atoms with van der Waals surface area (Å²) in [4.78, 5) is 20.5. The maximum Gasteiger partial charge on any atom is 0.321 e. The number of ether oxygens (including phenoxy) is 2. The lowest BCUT2D eigenvalue weighted by atomic mass is 9.92. The first-order chi connectivity index (χ1) is 12.1. The van der Waals surface area contributed by atoms with Crippen LogP contribution in [0.1, 0.15) is 18.4 Å². The van der Waals surface area contributed by atoms with Crippen LogP contribution in [0.5, 0.6) is 11.8 Å². The van der Waals surface area contributed by atoms with Crippen LogP contribution in [0.25, 0.3) is 0 Å². The Hall–Kier alpha value is -2.22. The average molecular weight is 379 g/mol. The van der Waals surface area contributed by atoms with Crippen molar-refractivity contribution in [2.75, 3.05) is 18.5 Å². The number of nitrogens with two attached hydrogens (primary N) is 1. The minimum absolute atomic E-state index is 0. The van der Waals surface area contributed by atoms with Crippen LogP contribution in [0.3, 0.4) is 0 Å². The smallest absolute Gasteiger partial charge is 0.321 e. The van der Waals surface area contributed by atoms with Gasteiger partial charge in [-0.05, 0) is 55.5 Å². The van der Waals surface area contributed by atoms with Gasteiger partial charge in [0.05, 0.1) is 6.04 Å². The molecule has 3 N–H and O–H groups in total. The monoisotopic (exact) mass is 378 g/mol. The Bertz CT molecular complexity index is 724. The molecule has 1 aliphatic rings. The lowest BCUT2D eigenvalue weighted by Gasteiger charge is -2.27. The van der Waals surface area contributed by atoms with Crippen LogP contribution in [0.2, 0.25) is 0 Å². The lowest BCUT2D eigenvalue weighted by Crippen LogP contribution is -2.44. The molecule has 1 unspecified atom stereocenters. The zero-order chi connectivity index (χ0) is 17.6. The second-order valence-corrected chi connectivity index (χ2v) is 6.07. The van der Waals surface area contributed by atoms with E-state index in [2.05, 4.69) is 15.3 Å². The first-order valence-electron chi connectivity index (χ1n) is 8.33. The van der Waals surface area contributed by atoms with E-state index in [9.17, 15) is 4.79 Å². The molecular formula is C18H23ClN4O3. The molecule has 2 heterocycles. The molecule has 0 saturated carbocycles. The number of nitrogens with zero attached hydrogens (tertiary/aromatic N) is 2. The minimum atomic E-state index is -0.531. The van der Waals surface area contributed by atoms with Crippen molar-refractivity contribution in [3.63, 3.8) is 0 Å². The topological polar surface area (TPSA) is 99.4 Å². The molecular weight excluding hydrogens is 356 g/mol. The van der Waals surface area contributed by atoms with Gasteiger partial charge in [-0.3, -0.25) is 4.79 Å². The van der Waals surface area contributed by atoms with Gasteiger partial charge in [-0.25, -0.2) is 9.97 Å². The molecule has 1 aromatic carbocycles. The zero-order valence-electron chi connectivity index (χ0n) is 14.6. The predicted molar refractivity (Wildman–Crippen MR) is 101 cm³/mol. The van der Waals surface area contributed by atoms with Crippen molar-refractivity contribution in [2.24, 2.45) is 11.7 Å². The number of rotatable bonds is 5. The lowest BCUT2D eigenvalue weighted by molar-refractivity contribution is -0.119. The molecule has 0 spiro atoms. The normalized spacial score (nSPS) is 15.6. The molecule has 8 heteroatoms. The molecule has 3 rings (SSSR count). The van der Waals surface area contributed by atoms with Gasteiger partial charge < -0.3 is 20.5 Å². The number of hydrogen-bond acceptors (Lipinski definition) is 6. The van der Waals surface area contributed by atoms with Crippen molar-refractivity contribution < 1.29 is 14.3 Å². The molecule has 1 fully saturated rings. The van der Waals surface area contributed by atoms with Gasteiger partial charge in [0.25, 0.3) is 0 Å². The largest absolute Gasteiger partial charge is 0.424 e. The van der Waals surface area contributed by atoms with Crippen LogP contribution in [0.4, 0.5) is 5.69 Å². The Morgan fingerprint density at radius 1 is 1.31 bits per heavy atom. The number of carbonyl (C=O) groups excluding carboxylic acids is 1. The summed E-state index contributed by atoms with van der Waals surface area (Å²) in [5.74, 6) is 0.595. The molecule has 1 aliphatic heterocycles. The van der Waals surface area contributed by atoms with E-state index in [0.717, 1.165) is 18.4 Å². The van der Waals surface area contributed by atoms with Crippen molar-refractivity contribution in [1.29, 1.82) is 0 Å². The van der Waals surface area contributed by atoms with E-state index in [1.165, 1.54) is 0 Å². The Morgan fingerprint density at radius 2 is 2.00 bits per heavy atom. The number of benzene rings is 1. The molecule has 140 valence electrons. The second-order valence-electron chi connectivity index (χ2n) is 6.07. The maximum atomic E-state index is 12.4. The Kier molecular flexibility index (Phi) is 7.32. The van der Waals surface area contributed by atoms with Crippen molar-refractivity contribution >= 4 is 24.0 Å². The molecule has 0 bridgehead atoms. The molecule has 0 radical (unpaired) electrons. The summed E-state index contributed by atoms with van der Waals surface area (Å²) in [6.45, 7) is 3.23. The zero-order valence-corrected chi connectivity index (χ0v) is 15.4. The van der Waals surface area contributed by atoms with Gasteiger partial charge in [0.2, 0.25) is 5.91 Å². The first-order valence-corrected chi connectivity index (χ1v) is 8.33. The number of aromatic nitrogens is 2. The quantitative estimate of drug-likeness (QED) is 0.829. The minimum Gasteiger partial charge on any atom is -0.424 e. The van der Waals surface area contributed by atoms with E-state index >= 15 is 0 Å². The first kappa shape index (κ1) is 20.1. The number of halogens is 1. The fourth-order valence-electron chi connectivity index (χ4n) is 2.79. The number of anilines is 1. The van der Waals surface area contributed by atoms with Gasteiger partial charge in [0.15, 0.2) is 0 Å². The Balaban J connectivity index is 0.00000243. The fourth-order valence-corrected chi connectivity index (χ4v) is 2.79. The van der Waals surface area contributed by atoms with Gasteiger partial charge in [0.1, 0.15) is 5.75 Å². The highest BCUT2D eigenvalue weighted by Gasteiger charge is 2.26. The third kappa shape index (κ3) is 5.14. The standard InChI is InChI=1S/C18H22N4O3.ClH/c1-12-11-14(25-18-20-7-2-8-21-18)3-4-15(12)22-17(23)16(19)13-5-9-24-10-6-13;/h2-4,7-8,11,13,16H,5-6,9-10,19H2,1H3,(H,22,23);1H. The summed E-state index contributed by atoms with van der Waals surface area (Å²) in [5, 5.41) is 2.91. The van der Waals surface area contributed by atoms with E-state index in [1.807, 2.05) is 13.0 Å². The molecule has 1 atom stereocenters. The van der Waals surface area contributed by atoms with Crippen molar-refractivity contribution in [1.82, 2.24) is 9.97 Å². The highest BCUT2D eigenvalue weighted by molar-refractivity contribution is 5.95. The van der Waals surface area contributed by atoms with Gasteiger partial charge >= 0.3 is 6.01 Å². The number of nitrogens with one attached hydrogen (secondary N) is 1. The van der Waals surface area contributed by atoms with Gasteiger partial charge in [0, 0.05) is 31.3 Å². The highest BCUT2D eigenvalue weighted by atomic mass is 35.5. The van der Waals surface area contributed by atoms with E-state index in [-0.39, 0.29) is 30.2 Å². The van der Waals surface area contributed by atoms with E-state index < -0.39 is 6.04 Å². The summed E-state index contributed by atoms with van der Waals surface area (Å²) < 4.78 is 10.9. The summed E-state index contributed by atoms with van der Waals surface area (Å²) >= 11 is 0. The second kappa shape index (κ2) is 9.47. The molecule has 1 saturated heterocycles. The summed E-state index contributed by atoms with van der Waals surface area (Å²) in [5.41, 5.74) is 7.71. The van der Waals surface area contributed by atoms with Crippen LogP contribution in [0.15, 0.2) is 36.7 Å². The number of hydrogen-bond donors (Lipinski definition) is 2. The summed E-state index contributed by atoms with van der Waals surface area (Å²) in [6, 6.07) is 6.85. The van der Waals surface area contributed by atoms with Crippen molar-refractivity contribution in [3.05, 3.63) is 42.2 Å². The van der Waals surface area contributed by atoms with Gasteiger partial charge in [-0.1, -0.05) is 0 Å². The number of carbonyl (C=O) groups is 1. The third-order valence-corrected chi connectivity index (χ3v) is 4.28. The third-order valence-electron chi connectivity index (χ3n) is 4.28. The van der Waals surface area contributed by atoms with Gasteiger partial charge in [-0.2, -0.15) is 0 Å². The molecule has 7 nitrogen and oxygen atoms in total. The van der Waals surface area contributed by atoms with Crippen LogP contribution >= 0.6 is 12.4 Å². The number of aryl methyl sites for hydroxylation is 1. The number of amides is 1. The Labute approximate surface area is 158 Å². The van der Waals surface area contributed by atoms with Crippen LogP contribution in [-0.2, 0) is 9.53 Å². The molecule has 26 heavy (non-hydrogen) atoms. The van der Waals surface area contributed by atoms with Crippen LogP contribution in [-0.4, -0.2) is 35.1 Å². The maximum absolute atomic E-state index is 12.4. The Morgan fingerprint density at radius 3 is 2.65 bits per heavy atom. The molecule has 2 aromatic rings. The molecule has 1 amide bonds. The van der Waals surface area contributed by atoms with E-state index in [1.54, 1.807) is 30.6 Å². The van der Waals surface area contributed by atoms with E-state index in [0.29, 0.717) is 24.7 Å². The van der Waals surface area contributed by atoms with E-state index in [4.69, 9.17) is 15.2 Å². The summed E-state index contributed by atoms with van der Waals surface area (Å²) in [7, 11) is 0. The highest BCUT2D eigenvalue weighted by Crippen LogP contribution is 2.25. The average Bonchev–Trinajstić information content (AvgIpc) is 2.65. The SMILES string of the molecule is Cc1cc(Oc2ncccn2)ccc1NC(=O)C(N)C1CCOCC1.Cl. The summed E-state index contributed by atoms with van der Waals surface area (Å²) in [6.07, 6.45) is 4.86. The van der Waals surface area contributed by atoms with Gasteiger partial charge in [-0.15, -0.1) is 12.4 Å². The van der Waals surface area contributed by atoms with Crippen LogP contribution in [0, 0.1) is 12.8 Å². The predicted octanol–water partition coefficient (Wildman–Crippen LogP) is 2.69. The van der Waals surface area contributed by atoms with Crippen molar-refractivity contribution in [3.8, 4) is 11.8 Å². The van der Waals surface area contributed by atoms with Crippen molar-refractivity contribution in [2.45, 2.75) is 25.8 Å². The molecule has 0 aliphatic carbocycles. The molecule has 1 aromatic heterocycles. The van der Waals surface area contributed by atoms with Crippen LogP contribution < -0.4 is 15.8 Å². The fraction of sp³-hybridized carbons (Fsp3) is 0.389.